The molecule has 0 unspecified atom stereocenters. The van der Waals surface area contributed by atoms with Crippen molar-refractivity contribution < 1.29 is 14.7 Å². The van der Waals surface area contributed by atoms with Crippen molar-refractivity contribution in [2.45, 2.75) is 45.1 Å². The zero-order chi connectivity index (χ0) is 10.3. The van der Waals surface area contributed by atoms with Gasteiger partial charge in [-0.25, -0.2) is 0 Å². The number of hydrogen-bond acceptors (Lipinski definition) is 3. The third-order valence-electron chi connectivity index (χ3n) is 3.98. The minimum absolute atomic E-state index is 0.172. The molecule has 0 amide bonds. The molecule has 0 aromatic heterocycles. The molecule has 0 heterocycles. The number of carbonyl (C=O) groups excluding carboxylic acids is 2. The molecule has 0 bridgehead atoms. The van der Waals surface area contributed by atoms with Crippen LogP contribution in [-0.2, 0) is 9.59 Å². The van der Waals surface area contributed by atoms with Gasteiger partial charge in [-0.3, -0.25) is 9.59 Å². The number of hydrogen-bond donors (Lipinski definition) is 1. The van der Waals surface area contributed by atoms with E-state index in [9.17, 15) is 14.7 Å². The van der Waals surface area contributed by atoms with Crippen molar-refractivity contribution in [3.8, 4) is 0 Å². The molecule has 0 aromatic carbocycles. The first kappa shape index (κ1) is 9.84. The average molecular weight is 196 g/mol. The van der Waals surface area contributed by atoms with Gasteiger partial charge in [0.15, 0.2) is 0 Å². The Balaban J connectivity index is 2.28. The van der Waals surface area contributed by atoms with Gasteiger partial charge in [0.2, 0.25) is 0 Å². The molecule has 2 fully saturated rings. The Morgan fingerprint density at radius 1 is 1.36 bits per heavy atom. The van der Waals surface area contributed by atoms with E-state index in [1.54, 1.807) is 0 Å². The summed E-state index contributed by atoms with van der Waals surface area (Å²) < 4.78 is 0. The van der Waals surface area contributed by atoms with Gasteiger partial charge in [0.25, 0.3) is 0 Å². The molecule has 2 rings (SSSR count). The highest BCUT2D eigenvalue weighted by molar-refractivity contribution is 5.90. The number of Topliss-reactive ketones (excluding diaryl/α,β-unsaturated/α-hetero) is 2. The maximum atomic E-state index is 11.7. The fourth-order valence-corrected chi connectivity index (χ4v) is 2.81. The Labute approximate surface area is 83.5 Å². The lowest BCUT2D eigenvalue weighted by atomic mass is 9.58. The van der Waals surface area contributed by atoms with Crippen molar-refractivity contribution >= 4 is 11.6 Å². The van der Waals surface area contributed by atoms with Crippen LogP contribution < -0.4 is 0 Å². The zero-order valence-corrected chi connectivity index (χ0v) is 8.45. The lowest BCUT2D eigenvalue weighted by Crippen LogP contribution is -2.50. The Morgan fingerprint density at radius 2 is 2.07 bits per heavy atom. The standard InChI is InChI=1S/C11H16O3/c1-11-5-4-7(12)6-8(11)9(13)2-3-10(11)14/h8,10,14H,2-6H2,1H3/t8-,10+,11+/m1/s1. The fraction of sp³-hybridized carbons (Fsp3) is 0.818. The van der Waals surface area contributed by atoms with E-state index < -0.39 is 6.10 Å². The summed E-state index contributed by atoms with van der Waals surface area (Å²) in [6.07, 6.45) is 2.15. The molecule has 0 saturated heterocycles. The topological polar surface area (TPSA) is 54.4 Å². The molecule has 2 aliphatic rings. The first-order valence-electron chi connectivity index (χ1n) is 5.26. The van der Waals surface area contributed by atoms with Crippen LogP contribution in [0.15, 0.2) is 0 Å². The summed E-state index contributed by atoms with van der Waals surface area (Å²) in [5, 5.41) is 9.90. The van der Waals surface area contributed by atoms with Gasteiger partial charge in [0.05, 0.1) is 6.10 Å². The third-order valence-corrected chi connectivity index (χ3v) is 3.98. The lowest BCUT2D eigenvalue weighted by Gasteiger charge is -2.46. The van der Waals surface area contributed by atoms with Crippen LogP contribution in [-0.4, -0.2) is 22.8 Å². The summed E-state index contributed by atoms with van der Waals surface area (Å²) in [7, 11) is 0. The summed E-state index contributed by atoms with van der Waals surface area (Å²) in [6, 6.07) is 0. The quantitative estimate of drug-likeness (QED) is 0.631. The zero-order valence-electron chi connectivity index (χ0n) is 8.45. The van der Waals surface area contributed by atoms with Gasteiger partial charge in [0, 0.05) is 30.6 Å². The van der Waals surface area contributed by atoms with E-state index in [1.165, 1.54) is 0 Å². The van der Waals surface area contributed by atoms with Gasteiger partial charge in [-0.15, -0.1) is 0 Å². The van der Waals surface area contributed by atoms with E-state index in [1.807, 2.05) is 6.92 Å². The van der Waals surface area contributed by atoms with Crippen LogP contribution in [0.1, 0.15) is 39.0 Å². The normalized spacial score (nSPS) is 43.6. The maximum Gasteiger partial charge on any atom is 0.137 e. The lowest BCUT2D eigenvalue weighted by molar-refractivity contribution is -0.149. The van der Waals surface area contributed by atoms with Gasteiger partial charge in [-0.1, -0.05) is 6.92 Å². The molecular formula is C11H16O3. The third kappa shape index (κ3) is 1.31. The van der Waals surface area contributed by atoms with E-state index in [-0.39, 0.29) is 22.9 Å². The molecule has 78 valence electrons. The summed E-state index contributed by atoms with van der Waals surface area (Å²) in [4.78, 5) is 22.9. The van der Waals surface area contributed by atoms with Gasteiger partial charge >= 0.3 is 0 Å². The fourth-order valence-electron chi connectivity index (χ4n) is 2.81. The van der Waals surface area contributed by atoms with E-state index in [0.717, 1.165) is 0 Å². The van der Waals surface area contributed by atoms with E-state index in [0.29, 0.717) is 32.1 Å². The van der Waals surface area contributed by atoms with Gasteiger partial charge in [-0.2, -0.15) is 0 Å². The second kappa shape index (κ2) is 3.16. The molecule has 14 heavy (non-hydrogen) atoms. The predicted octanol–water partition coefficient (Wildman–Crippen LogP) is 1.09. The first-order valence-corrected chi connectivity index (χ1v) is 5.26. The summed E-state index contributed by atoms with van der Waals surface area (Å²) >= 11 is 0. The Morgan fingerprint density at radius 3 is 2.79 bits per heavy atom. The number of ketones is 2. The number of aliphatic hydroxyl groups is 1. The van der Waals surface area contributed by atoms with Crippen molar-refractivity contribution in [2.24, 2.45) is 11.3 Å². The van der Waals surface area contributed by atoms with Crippen molar-refractivity contribution in [3.63, 3.8) is 0 Å². The van der Waals surface area contributed by atoms with Gasteiger partial charge in [0.1, 0.15) is 11.6 Å². The minimum Gasteiger partial charge on any atom is -0.393 e. The van der Waals surface area contributed by atoms with Crippen molar-refractivity contribution in [2.75, 3.05) is 0 Å². The number of aliphatic hydroxyl groups excluding tert-OH is 1. The molecule has 2 saturated carbocycles. The molecule has 0 spiro atoms. The van der Waals surface area contributed by atoms with E-state index >= 15 is 0 Å². The average Bonchev–Trinajstić information content (AvgIpc) is 2.16. The second-order valence-electron chi connectivity index (χ2n) is 4.82. The number of rotatable bonds is 0. The van der Waals surface area contributed by atoms with Crippen LogP contribution in [0.2, 0.25) is 0 Å². The van der Waals surface area contributed by atoms with Gasteiger partial charge in [-0.05, 0) is 12.8 Å². The SMILES string of the molecule is C[C@]12CCC(=O)C[C@@H]1C(=O)CC[C@@H]2O. The number of fused-ring (bicyclic) bond motifs is 1. The Hall–Kier alpha value is -0.700. The Kier molecular flexibility index (Phi) is 2.22. The highest BCUT2D eigenvalue weighted by atomic mass is 16.3. The van der Waals surface area contributed by atoms with E-state index in [2.05, 4.69) is 0 Å². The number of carbonyl (C=O) groups is 2. The van der Waals surface area contributed by atoms with Crippen LogP contribution >= 0.6 is 0 Å². The molecule has 0 aliphatic heterocycles. The van der Waals surface area contributed by atoms with Crippen LogP contribution in [0.5, 0.6) is 0 Å². The molecule has 2 aliphatic carbocycles. The second-order valence-corrected chi connectivity index (χ2v) is 4.82. The van der Waals surface area contributed by atoms with Crippen molar-refractivity contribution in [3.05, 3.63) is 0 Å². The van der Waals surface area contributed by atoms with Crippen molar-refractivity contribution in [1.29, 1.82) is 0 Å². The predicted molar refractivity (Wildman–Crippen MR) is 50.7 cm³/mol. The summed E-state index contributed by atoms with van der Waals surface area (Å²) in [5.74, 6) is 0.133. The van der Waals surface area contributed by atoms with Crippen LogP contribution in [0.25, 0.3) is 0 Å². The molecule has 0 radical (unpaired) electrons. The minimum atomic E-state index is -0.404. The van der Waals surface area contributed by atoms with Crippen molar-refractivity contribution in [1.82, 2.24) is 0 Å². The molecule has 1 N–H and O–H groups in total. The monoisotopic (exact) mass is 196 g/mol. The highest BCUT2D eigenvalue weighted by Crippen LogP contribution is 2.47. The highest BCUT2D eigenvalue weighted by Gasteiger charge is 2.50. The summed E-state index contributed by atoms with van der Waals surface area (Å²) in [5.41, 5.74) is -0.330. The van der Waals surface area contributed by atoms with E-state index in [4.69, 9.17) is 0 Å². The van der Waals surface area contributed by atoms with Gasteiger partial charge < -0.3 is 5.11 Å². The largest absolute Gasteiger partial charge is 0.393 e. The molecule has 3 atom stereocenters. The molecule has 3 heteroatoms. The maximum absolute atomic E-state index is 11.7. The van der Waals surface area contributed by atoms with Crippen LogP contribution in [0, 0.1) is 11.3 Å². The Bertz CT molecular complexity index is 284. The molecule has 0 aromatic rings. The smallest absolute Gasteiger partial charge is 0.137 e. The van der Waals surface area contributed by atoms with Crippen LogP contribution in [0.3, 0.4) is 0 Å². The van der Waals surface area contributed by atoms with Crippen LogP contribution in [0.4, 0.5) is 0 Å². The summed E-state index contributed by atoms with van der Waals surface area (Å²) in [6.45, 7) is 1.95. The molecular weight excluding hydrogens is 180 g/mol. The molecule has 3 nitrogen and oxygen atoms in total. The first-order chi connectivity index (χ1) is 6.54.